The van der Waals surface area contributed by atoms with Crippen LogP contribution in [0.15, 0.2) is 36.4 Å². The second-order valence-electron chi connectivity index (χ2n) is 3.81. The standard InChI is InChI=1S/C13H15N3O/c1-17-13-5-3-8(14)6-11(13)10-4-2-9(15)7-12(10)16/h2-7H,14-16H2,1H3. The van der Waals surface area contributed by atoms with Crippen molar-refractivity contribution < 1.29 is 4.74 Å². The van der Waals surface area contributed by atoms with Gasteiger partial charge in [0.25, 0.3) is 0 Å². The van der Waals surface area contributed by atoms with E-state index in [2.05, 4.69) is 0 Å². The number of hydrogen-bond acceptors (Lipinski definition) is 4. The van der Waals surface area contributed by atoms with E-state index in [0.717, 1.165) is 16.9 Å². The predicted octanol–water partition coefficient (Wildman–Crippen LogP) is 2.11. The highest BCUT2D eigenvalue weighted by Gasteiger charge is 2.09. The van der Waals surface area contributed by atoms with Gasteiger partial charge in [-0.15, -0.1) is 0 Å². The van der Waals surface area contributed by atoms with E-state index in [-0.39, 0.29) is 0 Å². The van der Waals surface area contributed by atoms with E-state index in [9.17, 15) is 0 Å². The van der Waals surface area contributed by atoms with Gasteiger partial charge in [0, 0.05) is 28.2 Å². The number of hydrogen-bond donors (Lipinski definition) is 3. The minimum Gasteiger partial charge on any atom is -0.496 e. The Labute approximate surface area is 100.0 Å². The summed E-state index contributed by atoms with van der Waals surface area (Å²) in [5, 5.41) is 0. The third kappa shape index (κ3) is 2.10. The van der Waals surface area contributed by atoms with Crippen LogP contribution in [-0.4, -0.2) is 7.11 Å². The van der Waals surface area contributed by atoms with Crippen molar-refractivity contribution in [2.24, 2.45) is 0 Å². The zero-order valence-electron chi connectivity index (χ0n) is 9.60. The minimum absolute atomic E-state index is 0.605. The number of nitrogens with two attached hydrogens (primary N) is 3. The normalized spacial score (nSPS) is 10.2. The SMILES string of the molecule is COc1ccc(N)cc1-c1ccc(N)cc1N. The van der Waals surface area contributed by atoms with Crippen LogP contribution in [0.3, 0.4) is 0 Å². The lowest BCUT2D eigenvalue weighted by molar-refractivity contribution is 0.416. The van der Waals surface area contributed by atoms with E-state index in [1.165, 1.54) is 0 Å². The molecule has 0 atom stereocenters. The second-order valence-corrected chi connectivity index (χ2v) is 3.81. The summed E-state index contributed by atoms with van der Waals surface area (Å²) in [6, 6.07) is 10.8. The Hall–Kier alpha value is -2.36. The molecule has 2 aromatic rings. The highest BCUT2D eigenvalue weighted by Crippen LogP contribution is 2.35. The van der Waals surface area contributed by atoms with Gasteiger partial charge in [0.2, 0.25) is 0 Å². The summed E-state index contributed by atoms with van der Waals surface area (Å²) >= 11 is 0. The van der Waals surface area contributed by atoms with Gasteiger partial charge >= 0.3 is 0 Å². The summed E-state index contributed by atoms with van der Waals surface area (Å²) in [5.41, 5.74) is 21.0. The topological polar surface area (TPSA) is 87.3 Å². The van der Waals surface area contributed by atoms with Crippen molar-refractivity contribution in [2.75, 3.05) is 24.3 Å². The van der Waals surface area contributed by atoms with E-state index in [1.54, 1.807) is 25.3 Å². The summed E-state index contributed by atoms with van der Waals surface area (Å²) < 4.78 is 5.30. The highest BCUT2D eigenvalue weighted by molar-refractivity contribution is 5.83. The molecule has 0 saturated carbocycles. The molecule has 6 N–H and O–H groups in total. The molecule has 4 nitrogen and oxygen atoms in total. The molecule has 0 saturated heterocycles. The zero-order valence-corrected chi connectivity index (χ0v) is 9.60. The van der Waals surface area contributed by atoms with E-state index in [0.29, 0.717) is 17.1 Å². The first-order chi connectivity index (χ1) is 8.11. The lowest BCUT2D eigenvalue weighted by atomic mass is 10.0. The van der Waals surface area contributed by atoms with Crippen molar-refractivity contribution in [1.82, 2.24) is 0 Å². The molecule has 4 heteroatoms. The quantitative estimate of drug-likeness (QED) is 0.688. The third-order valence-corrected chi connectivity index (χ3v) is 2.59. The molecule has 0 bridgehead atoms. The maximum Gasteiger partial charge on any atom is 0.126 e. The lowest BCUT2D eigenvalue weighted by Crippen LogP contribution is -1.96. The molecule has 0 amide bonds. The molecular formula is C13H15N3O. The van der Waals surface area contributed by atoms with Gasteiger partial charge in [0.05, 0.1) is 7.11 Å². The second kappa shape index (κ2) is 4.25. The Morgan fingerprint density at radius 2 is 1.47 bits per heavy atom. The van der Waals surface area contributed by atoms with Crippen LogP contribution in [0.1, 0.15) is 0 Å². The van der Waals surface area contributed by atoms with Gasteiger partial charge in [-0.05, 0) is 30.3 Å². The van der Waals surface area contributed by atoms with Crippen LogP contribution < -0.4 is 21.9 Å². The first kappa shape index (κ1) is 11.1. The van der Waals surface area contributed by atoms with E-state index < -0.39 is 0 Å². The minimum atomic E-state index is 0.605. The maximum absolute atomic E-state index is 5.95. The fourth-order valence-electron chi connectivity index (χ4n) is 1.76. The summed E-state index contributed by atoms with van der Waals surface area (Å²) in [6.45, 7) is 0. The fourth-order valence-corrected chi connectivity index (χ4v) is 1.76. The van der Waals surface area contributed by atoms with Gasteiger partial charge in [-0.1, -0.05) is 6.07 Å². The van der Waals surface area contributed by atoms with Gasteiger partial charge < -0.3 is 21.9 Å². The Balaban J connectivity index is 2.62. The fraction of sp³-hybridized carbons (Fsp3) is 0.0769. The first-order valence-corrected chi connectivity index (χ1v) is 5.20. The van der Waals surface area contributed by atoms with E-state index in [1.807, 2.05) is 18.2 Å². The number of nitrogen functional groups attached to an aromatic ring is 3. The molecule has 17 heavy (non-hydrogen) atoms. The van der Waals surface area contributed by atoms with Crippen LogP contribution >= 0.6 is 0 Å². The zero-order chi connectivity index (χ0) is 12.4. The number of methoxy groups -OCH3 is 1. The average molecular weight is 229 g/mol. The van der Waals surface area contributed by atoms with Gasteiger partial charge in [-0.25, -0.2) is 0 Å². The molecule has 0 aliphatic carbocycles. The molecule has 88 valence electrons. The number of anilines is 3. The van der Waals surface area contributed by atoms with E-state index in [4.69, 9.17) is 21.9 Å². The molecular weight excluding hydrogens is 214 g/mol. The van der Waals surface area contributed by atoms with Crippen LogP contribution in [0, 0.1) is 0 Å². The average Bonchev–Trinajstić information content (AvgIpc) is 2.29. The monoisotopic (exact) mass is 229 g/mol. The van der Waals surface area contributed by atoms with Gasteiger partial charge in [0.1, 0.15) is 5.75 Å². The molecule has 0 aliphatic heterocycles. The van der Waals surface area contributed by atoms with Crippen molar-refractivity contribution >= 4 is 17.1 Å². The van der Waals surface area contributed by atoms with Crippen molar-refractivity contribution in [2.45, 2.75) is 0 Å². The van der Waals surface area contributed by atoms with Crippen LogP contribution in [-0.2, 0) is 0 Å². The molecule has 0 fully saturated rings. The summed E-state index contributed by atoms with van der Waals surface area (Å²) in [7, 11) is 1.61. The van der Waals surface area contributed by atoms with Gasteiger partial charge in [-0.3, -0.25) is 0 Å². The molecule has 0 aromatic heterocycles. The lowest BCUT2D eigenvalue weighted by Gasteiger charge is -2.12. The predicted molar refractivity (Wildman–Crippen MR) is 71.7 cm³/mol. The van der Waals surface area contributed by atoms with Crippen molar-refractivity contribution in [3.63, 3.8) is 0 Å². The molecule has 0 unspecified atom stereocenters. The van der Waals surface area contributed by atoms with Crippen molar-refractivity contribution in [1.29, 1.82) is 0 Å². The van der Waals surface area contributed by atoms with Gasteiger partial charge in [-0.2, -0.15) is 0 Å². The Kier molecular flexibility index (Phi) is 2.78. The molecule has 2 rings (SSSR count). The van der Waals surface area contributed by atoms with Crippen LogP contribution in [0.2, 0.25) is 0 Å². The Bertz CT molecular complexity index is 552. The van der Waals surface area contributed by atoms with Crippen molar-refractivity contribution in [3.05, 3.63) is 36.4 Å². The third-order valence-electron chi connectivity index (χ3n) is 2.59. The molecule has 0 spiro atoms. The Morgan fingerprint density at radius 1 is 0.824 bits per heavy atom. The smallest absolute Gasteiger partial charge is 0.126 e. The van der Waals surface area contributed by atoms with E-state index >= 15 is 0 Å². The summed E-state index contributed by atoms with van der Waals surface area (Å²) in [5.74, 6) is 0.732. The Morgan fingerprint density at radius 3 is 2.12 bits per heavy atom. The molecule has 0 radical (unpaired) electrons. The van der Waals surface area contributed by atoms with Crippen LogP contribution in [0.25, 0.3) is 11.1 Å². The number of benzene rings is 2. The molecule has 0 aliphatic rings. The summed E-state index contributed by atoms with van der Waals surface area (Å²) in [6.07, 6.45) is 0. The highest BCUT2D eigenvalue weighted by atomic mass is 16.5. The van der Waals surface area contributed by atoms with Crippen LogP contribution in [0.5, 0.6) is 5.75 Å². The van der Waals surface area contributed by atoms with Crippen molar-refractivity contribution in [3.8, 4) is 16.9 Å². The molecule has 0 heterocycles. The summed E-state index contributed by atoms with van der Waals surface area (Å²) in [4.78, 5) is 0. The largest absolute Gasteiger partial charge is 0.496 e. The number of ether oxygens (including phenoxy) is 1. The van der Waals surface area contributed by atoms with Crippen LogP contribution in [0.4, 0.5) is 17.1 Å². The van der Waals surface area contributed by atoms with Gasteiger partial charge in [0.15, 0.2) is 0 Å². The maximum atomic E-state index is 5.95. The first-order valence-electron chi connectivity index (χ1n) is 5.20. The molecule has 2 aromatic carbocycles. The number of rotatable bonds is 2.